The number of nitrogens with zero attached hydrogens (tertiary/aromatic N) is 2. The van der Waals surface area contributed by atoms with E-state index in [1.165, 1.54) is 12.1 Å². The molecule has 1 aromatic carbocycles. The van der Waals surface area contributed by atoms with Gasteiger partial charge in [0.2, 0.25) is 0 Å². The van der Waals surface area contributed by atoms with E-state index >= 15 is 0 Å². The Morgan fingerprint density at radius 2 is 1.76 bits per heavy atom. The van der Waals surface area contributed by atoms with Gasteiger partial charge in [-0.3, -0.25) is 4.90 Å². The number of rotatable bonds is 3. The van der Waals surface area contributed by atoms with Crippen LogP contribution in [0.4, 0.5) is 13.2 Å². The number of alkyl halides is 3. The molecule has 0 spiro atoms. The lowest BCUT2D eigenvalue weighted by Crippen LogP contribution is -2.18. The standard InChI is InChI=1S/C11H11F3N2S/c1-16(2)10(7-15)8-3-5-9(6-4-8)17-11(12,13)14/h3-6,10H,1-2H3. The van der Waals surface area contributed by atoms with E-state index in [-0.39, 0.29) is 16.7 Å². The van der Waals surface area contributed by atoms with E-state index < -0.39 is 11.6 Å². The average molecular weight is 260 g/mol. The lowest BCUT2D eigenvalue weighted by Gasteiger charge is -2.17. The summed E-state index contributed by atoms with van der Waals surface area (Å²) in [6.07, 6.45) is 0. The SMILES string of the molecule is CN(C)C(C#N)c1ccc(SC(F)(F)F)cc1. The van der Waals surface area contributed by atoms with Crippen LogP contribution in [-0.2, 0) is 0 Å². The molecule has 92 valence electrons. The van der Waals surface area contributed by atoms with E-state index in [9.17, 15) is 13.2 Å². The molecule has 1 rings (SSSR count). The second-order valence-corrected chi connectivity index (χ2v) is 4.75. The number of nitriles is 1. The number of hydrogen-bond acceptors (Lipinski definition) is 3. The van der Waals surface area contributed by atoms with E-state index in [1.54, 1.807) is 31.1 Å². The molecule has 0 heterocycles. The topological polar surface area (TPSA) is 27.0 Å². The maximum absolute atomic E-state index is 12.1. The molecule has 0 aliphatic rings. The summed E-state index contributed by atoms with van der Waals surface area (Å²) >= 11 is -0.159. The van der Waals surface area contributed by atoms with E-state index in [0.717, 1.165) is 0 Å². The molecule has 0 saturated carbocycles. The van der Waals surface area contributed by atoms with Crippen molar-refractivity contribution in [3.8, 4) is 6.07 Å². The van der Waals surface area contributed by atoms with Crippen LogP contribution in [0.15, 0.2) is 29.2 Å². The molecule has 0 saturated heterocycles. The third kappa shape index (κ3) is 4.29. The van der Waals surface area contributed by atoms with Crippen LogP contribution in [0.25, 0.3) is 0 Å². The van der Waals surface area contributed by atoms with Crippen LogP contribution in [0.3, 0.4) is 0 Å². The van der Waals surface area contributed by atoms with Crippen LogP contribution in [0.2, 0.25) is 0 Å². The highest BCUT2D eigenvalue weighted by molar-refractivity contribution is 8.00. The minimum Gasteiger partial charge on any atom is -0.291 e. The Labute approximate surface area is 102 Å². The van der Waals surface area contributed by atoms with Gasteiger partial charge < -0.3 is 0 Å². The van der Waals surface area contributed by atoms with Crippen molar-refractivity contribution in [1.82, 2.24) is 4.90 Å². The Morgan fingerprint density at radius 1 is 1.24 bits per heavy atom. The van der Waals surface area contributed by atoms with Crippen molar-refractivity contribution >= 4 is 11.8 Å². The van der Waals surface area contributed by atoms with Gasteiger partial charge in [0.25, 0.3) is 0 Å². The quantitative estimate of drug-likeness (QED) is 0.779. The molecule has 6 heteroatoms. The van der Waals surface area contributed by atoms with Crippen LogP contribution < -0.4 is 0 Å². The molecule has 0 aliphatic heterocycles. The van der Waals surface area contributed by atoms with Gasteiger partial charge in [0.15, 0.2) is 0 Å². The Kier molecular flexibility index (Phi) is 4.43. The second kappa shape index (κ2) is 5.43. The van der Waals surface area contributed by atoms with Crippen LogP contribution in [0.5, 0.6) is 0 Å². The summed E-state index contributed by atoms with van der Waals surface area (Å²) in [7, 11) is 3.48. The van der Waals surface area contributed by atoms with Crippen molar-refractivity contribution in [3.05, 3.63) is 29.8 Å². The zero-order chi connectivity index (χ0) is 13.1. The summed E-state index contributed by atoms with van der Waals surface area (Å²) < 4.78 is 36.3. The Bertz CT molecular complexity index is 406. The molecule has 0 radical (unpaired) electrons. The summed E-state index contributed by atoms with van der Waals surface area (Å²) in [6.45, 7) is 0. The molecule has 1 atom stereocenters. The fraction of sp³-hybridized carbons (Fsp3) is 0.364. The van der Waals surface area contributed by atoms with Crippen molar-refractivity contribution in [2.24, 2.45) is 0 Å². The number of benzene rings is 1. The molecule has 0 N–H and O–H groups in total. The molecular weight excluding hydrogens is 249 g/mol. The minimum absolute atomic E-state index is 0.122. The van der Waals surface area contributed by atoms with Gasteiger partial charge in [0.1, 0.15) is 6.04 Å². The third-order valence-corrected chi connectivity index (χ3v) is 2.81. The van der Waals surface area contributed by atoms with Crippen molar-refractivity contribution in [2.45, 2.75) is 16.4 Å². The summed E-state index contributed by atoms with van der Waals surface area (Å²) in [5, 5.41) is 8.93. The van der Waals surface area contributed by atoms with E-state index in [1.807, 2.05) is 0 Å². The van der Waals surface area contributed by atoms with Gasteiger partial charge in [-0.1, -0.05) is 12.1 Å². The summed E-state index contributed by atoms with van der Waals surface area (Å²) in [6, 6.07) is 7.48. The smallest absolute Gasteiger partial charge is 0.291 e. The maximum Gasteiger partial charge on any atom is 0.446 e. The highest BCUT2D eigenvalue weighted by Crippen LogP contribution is 2.37. The van der Waals surface area contributed by atoms with Gasteiger partial charge in [-0.2, -0.15) is 18.4 Å². The monoisotopic (exact) mass is 260 g/mol. The zero-order valence-electron chi connectivity index (χ0n) is 9.32. The highest BCUT2D eigenvalue weighted by Gasteiger charge is 2.29. The van der Waals surface area contributed by atoms with E-state index in [0.29, 0.717) is 5.56 Å². The van der Waals surface area contributed by atoms with Gasteiger partial charge in [0, 0.05) is 4.90 Å². The second-order valence-electron chi connectivity index (χ2n) is 3.61. The Morgan fingerprint density at radius 3 is 2.12 bits per heavy atom. The van der Waals surface area contributed by atoms with Crippen molar-refractivity contribution in [2.75, 3.05) is 14.1 Å². The molecule has 2 nitrogen and oxygen atoms in total. The number of halogens is 3. The summed E-state index contributed by atoms with van der Waals surface area (Å²) in [5.41, 5.74) is -3.60. The predicted octanol–water partition coefficient (Wildman–Crippen LogP) is 3.42. The normalized spacial score (nSPS) is 13.5. The average Bonchev–Trinajstić information content (AvgIpc) is 2.18. The lowest BCUT2D eigenvalue weighted by molar-refractivity contribution is -0.0328. The van der Waals surface area contributed by atoms with E-state index in [4.69, 9.17) is 5.26 Å². The zero-order valence-corrected chi connectivity index (χ0v) is 10.1. The van der Waals surface area contributed by atoms with Crippen LogP contribution in [0, 0.1) is 11.3 Å². The molecule has 0 aliphatic carbocycles. The predicted molar refractivity (Wildman–Crippen MR) is 60.4 cm³/mol. The molecule has 0 bridgehead atoms. The first kappa shape index (κ1) is 13.9. The van der Waals surface area contributed by atoms with Crippen LogP contribution in [0.1, 0.15) is 11.6 Å². The van der Waals surface area contributed by atoms with Gasteiger partial charge in [-0.05, 0) is 43.6 Å². The largest absolute Gasteiger partial charge is 0.446 e. The van der Waals surface area contributed by atoms with Crippen LogP contribution >= 0.6 is 11.8 Å². The van der Waals surface area contributed by atoms with Gasteiger partial charge in [0.05, 0.1) is 6.07 Å². The van der Waals surface area contributed by atoms with E-state index in [2.05, 4.69) is 6.07 Å². The van der Waals surface area contributed by atoms with Crippen molar-refractivity contribution in [1.29, 1.82) is 5.26 Å². The first-order chi connectivity index (χ1) is 7.83. The van der Waals surface area contributed by atoms with Crippen molar-refractivity contribution in [3.63, 3.8) is 0 Å². The number of thioether (sulfide) groups is 1. The van der Waals surface area contributed by atoms with Gasteiger partial charge in [-0.15, -0.1) is 0 Å². The molecule has 0 aromatic heterocycles. The lowest BCUT2D eigenvalue weighted by atomic mass is 10.1. The molecule has 1 unspecified atom stereocenters. The van der Waals surface area contributed by atoms with Crippen molar-refractivity contribution < 1.29 is 13.2 Å². The first-order valence-corrected chi connectivity index (χ1v) is 5.57. The van der Waals surface area contributed by atoms with Gasteiger partial charge in [-0.25, -0.2) is 0 Å². The van der Waals surface area contributed by atoms with Gasteiger partial charge >= 0.3 is 5.51 Å². The summed E-state index contributed by atoms with van der Waals surface area (Å²) in [4.78, 5) is 1.82. The number of hydrogen-bond donors (Lipinski definition) is 0. The first-order valence-electron chi connectivity index (χ1n) is 4.75. The summed E-state index contributed by atoms with van der Waals surface area (Å²) in [5.74, 6) is 0. The van der Waals surface area contributed by atoms with Crippen LogP contribution in [-0.4, -0.2) is 24.5 Å². The fourth-order valence-corrected chi connectivity index (χ4v) is 1.88. The third-order valence-electron chi connectivity index (χ3n) is 2.07. The molecular formula is C11H11F3N2S. The fourth-order valence-electron chi connectivity index (χ4n) is 1.34. The molecule has 0 fully saturated rings. The maximum atomic E-state index is 12.1. The minimum atomic E-state index is -4.28. The molecule has 1 aromatic rings. The molecule has 17 heavy (non-hydrogen) atoms. The molecule has 0 amide bonds. The Hall–Kier alpha value is -1.19. The Balaban J connectivity index is 2.85. The highest BCUT2D eigenvalue weighted by atomic mass is 32.2.